The van der Waals surface area contributed by atoms with Crippen LogP contribution in [0, 0.1) is 23.2 Å². The molecular weight excluding hydrogens is 510 g/mol. The average Bonchev–Trinajstić information content (AvgIpc) is 2.96. The molecule has 2 aromatic rings. The molecule has 228 valence electrons. The van der Waals surface area contributed by atoms with Crippen LogP contribution in [-0.4, -0.2) is 28.5 Å². The first-order valence-corrected chi connectivity index (χ1v) is 15.5. The molecule has 1 atom stereocenters. The zero-order valence-electron chi connectivity index (χ0n) is 27.3. The van der Waals surface area contributed by atoms with Gasteiger partial charge in [0.05, 0.1) is 11.7 Å². The van der Waals surface area contributed by atoms with Crippen molar-refractivity contribution in [2.24, 2.45) is 23.2 Å². The number of aryl methyl sites for hydroxylation is 1. The molecule has 1 heterocycles. The highest BCUT2D eigenvalue weighted by Crippen LogP contribution is 2.29. The van der Waals surface area contributed by atoms with Crippen LogP contribution in [0.15, 0.2) is 36.5 Å². The van der Waals surface area contributed by atoms with Crippen molar-refractivity contribution in [3.8, 4) is 11.1 Å². The number of ketones is 2. The largest absolute Gasteiger partial charge is 0.397 e. The summed E-state index contributed by atoms with van der Waals surface area (Å²) in [5.41, 5.74) is 9.65. The van der Waals surface area contributed by atoms with Crippen LogP contribution >= 0.6 is 0 Å². The molecule has 1 aromatic carbocycles. The predicted octanol–water partition coefficient (Wildman–Crippen LogP) is 8.08. The Morgan fingerprint density at radius 3 is 2.05 bits per heavy atom. The van der Waals surface area contributed by atoms with Gasteiger partial charge in [-0.1, -0.05) is 113 Å². The average molecular weight is 566 g/mol. The van der Waals surface area contributed by atoms with Crippen LogP contribution in [0.1, 0.15) is 117 Å². The van der Waals surface area contributed by atoms with Crippen molar-refractivity contribution in [2.75, 3.05) is 5.73 Å². The lowest BCUT2D eigenvalue weighted by atomic mass is 9.79. The number of nitrogen functional groups attached to an aromatic ring is 1. The van der Waals surface area contributed by atoms with Crippen LogP contribution in [-0.2, 0) is 16.0 Å². The highest BCUT2D eigenvalue weighted by molar-refractivity contribution is 6.00. The number of nitrogens with two attached hydrogens (primary N) is 1. The second-order valence-corrected chi connectivity index (χ2v) is 12.4. The fourth-order valence-corrected chi connectivity index (χ4v) is 4.70. The minimum atomic E-state index is -0.440. The topological polar surface area (TPSA) is 102 Å². The molecular formula is C35H55N3O3. The van der Waals surface area contributed by atoms with Crippen molar-refractivity contribution in [3.05, 3.63) is 47.8 Å². The second-order valence-electron chi connectivity index (χ2n) is 12.4. The van der Waals surface area contributed by atoms with E-state index in [1.807, 2.05) is 80.5 Å². The first-order valence-electron chi connectivity index (χ1n) is 15.5. The molecule has 3 N–H and O–H groups in total. The van der Waals surface area contributed by atoms with E-state index in [0.29, 0.717) is 17.3 Å². The standard InChI is InChI=1S/C17H20N2O.C16H29NO2.C2H6/c1-4-12-6-5-7-13(8-12)14-9-15(18)16(19-10-14)17(20)11(2)3;1-11(2)14(18)13(12-9-7-6-8-10-12)17-15(19)16(3,4)5;1-2/h5-11H,4,18H2,1-3H3;11-13H,6-10H2,1-5H3,(H,17,19);1-2H3. The van der Waals surface area contributed by atoms with Gasteiger partial charge in [-0.2, -0.15) is 0 Å². The molecule has 1 saturated carbocycles. The van der Waals surface area contributed by atoms with Crippen molar-refractivity contribution in [3.63, 3.8) is 0 Å². The molecule has 0 aliphatic heterocycles. The van der Waals surface area contributed by atoms with Gasteiger partial charge in [-0.05, 0) is 42.4 Å². The van der Waals surface area contributed by atoms with Gasteiger partial charge in [0.2, 0.25) is 5.91 Å². The maximum atomic E-state index is 12.4. The molecule has 3 rings (SSSR count). The zero-order chi connectivity index (χ0) is 31.3. The lowest BCUT2D eigenvalue weighted by molar-refractivity contribution is -0.135. The molecule has 0 saturated heterocycles. The number of hydrogen-bond acceptors (Lipinski definition) is 5. The molecule has 1 aromatic heterocycles. The van der Waals surface area contributed by atoms with Gasteiger partial charge in [-0.3, -0.25) is 19.4 Å². The Balaban J connectivity index is 0.000000387. The molecule has 41 heavy (non-hydrogen) atoms. The van der Waals surface area contributed by atoms with E-state index in [1.54, 1.807) is 6.20 Å². The number of rotatable bonds is 8. The minimum Gasteiger partial charge on any atom is -0.397 e. The Hall–Kier alpha value is -3.02. The van der Waals surface area contributed by atoms with Crippen LogP contribution < -0.4 is 11.1 Å². The molecule has 1 unspecified atom stereocenters. The first-order chi connectivity index (χ1) is 19.3. The molecule has 1 amide bonds. The number of carbonyl (C=O) groups is 3. The van der Waals surface area contributed by atoms with Crippen LogP contribution in [0.2, 0.25) is 0 Å². The Bertz CT molecular complexity index is 1130. The van der Waals surface area contributed by atoms with E-state index in [4.69, 9.17) is 5.73 Å². The predicted molar refractivity (Wildman–Crippen MR) is 172 cm³/mol. The zero-order valence-corrected chi connectivity index (χ0v) is 27.3. The maximum absolute atomic E-state index is 12.4. The highest BCUT2D eigenvalue weighted by atomic mass is 16.2. The Morgan fingerprint density at radius 1 is 0.951 bits per heavy atom. The summed E-state index contributed by atoms with van der Waals surface area (Å²) in [5.74, 6) is 0.360. The van der Waals surface area contributed by atoms with E-state index < -0.39 is 5.41 Å². The van der Waals surface area contributed by atoms with Gasteiger partial charge in [-0.25, -0.2) is 0 Å². The lowest BCUT2D eigenvalue weighted by Crippen LogP contribution is -2.51. The van der Waals surface area contributed by atoms with Gasteiger partial charge >= 0.3 is 0 Å². The monoisotopic (exact) mass is 565 g/mol. The molecule has 6 nitrogen and oxygen atoms in total. The van der Waals surface area contributed by atoms with Gasteiger partial charge in [-0.15, -0.1) is 0 Å². The molecule has 1 fully saturated rings. The van der Waals surface area contributed by atoms with Crippen LogP contribution in [0.4, 0.5) is 5.69 Å². The smallest absolute Gasteiger partial charge is 0.225 e. The van der Waals surface area contributed by atoms with Gasteiger partial charge < -0.3 is 11.1 Å². The van der Waals surface area contributed by atoms with Crippen molar-refractivity contribution in [1.82, 2.24) is 10.3 Å². The summed E-state index contributed by atoms with van der Waals surface area (Å²) < 4.78 is 0. The number of Topliss-reactive ketones (excluding diaryl/α,β-unsaturated/α-hetero) is 2. The molecule has 0 bridgehead atoms. The molecule has 1 aliphatic rings. The minimum absolute atomic E-state index is 0.0166. The summed E-state index contributed by atoms with van der Waals surface area (Å²) in [7, 11) is 0. The van der Waals surface area contributed by atoms with Crippen molar-refractivity contribution in [2.45, 2.75) is 114 Å². The third-order valence-corrected chi connectivity index (χ3v) is 7.31. The lowest BCUT2D eigenvalue weighted by Gasteiger charge is -2.33. The summed E-state index contributed by atoms with van der Waals surface area (Å²) >= 11 is 0. The van der Waals surface area contributed by atoms with Crippen LogP contribution in [0.25, 0.3) is 11.1 Å². The van der Waals surface area contributed by atoms with E-state index in [1.165, 1.54) is 24.8 Å². The second kappa shape index (κ2) is 17.1. The van der Waals surface area contributed by atoms with Gasteiger partial charge in [0.25, 0.3) is 0 Å². The number of aromatic nitrogens is 1. The van der Waals surface area contributed by atoms with E-state index in [-0.39, 0.29) is 35.4 Å². The van der Waals surface area contributed by atoms with Gasteiger partial charge in [0, 0.05) is 29.0 Å². The first kappa shape index (κ1) is 36.0. The number of hydrogen-bond donors (Lipinski definition) is 2. The Kier molecular flexibility index (Phi) is 15.0. The molecule has 6 heteroatoms. The number of nitrogens with zero attached hydrogens (tertiary/aromatic N) is 1. The fraction of sp³-hybridized carbons (Fsp3) is 0.600. The number of carbonyl (C=O) groups excluding carboxylic acids is 3. The number of benzene rings is 1. The van der Waals surface area contributed by atoms with Crippen molar-refractivity contribution >= 4 is 23.2 Å². The van der Waals surface area contributed by atoms with Crippen LogP contribution in [0.5, 0.6) is 0 Å². The summed E-state index contributed by atoms with van der Waals surface area (Å²) in [6.07, 6.45) is 8.45. The van der Waals surface area contributed by atoms with E-state index in [9.17, 15) is 14.4 Å². The SMILES string of the molecule is CC.CC(C)C(=O)C(NC(=O)C(C)(C)C)C1CCCCC1.CCc1cccc(-c2cnc(C(=O)C(C)C)c(N)c2)c1. The number of pyridine rings is 1. The number of amides is 1. The number of nitrogens with one attached hydrogen (secondary N) is 1. The quantitative estimate of drug-likeness (QED) is 0.315. The normalized spacial score (nSPS) is 14.3. The molecule has 0 radical (unpaired) electrons. The third kappa shape index (κ3) is 11.1. The van der Waals surface area contributed by atoms with E-state index in [2.05, 4.69) is 29.4 Å². The summed E-state index contributed by atoms with van der Waals surface area (Å²) in [5, 5.41) is 3.02. The van der Waals surface area contributed by atoms with Crippen LogP contribution in [0.3, 0.4) is 0 Å². The molecule has 0 spiro atoms. The number of anilines is 1. The third-order valence-electron chi connectivity index (χ3n) is 7.31. The molecule has 1 aliphatic carbocycles. The van der Waals surface area contributed by atoms with Gasteiger partial charge in [0.15, 0.2) is 11.6 Å². The maximum Gasteiger partial charge on any atom is 0.225 e. The van der Waals surface area contributed by atoms with Gasteiger partial charge in [0.1, 0.15) is 5.69 Å². The summed E-state index contributed by atoms with van der Waals surface area (Å²) in [6, 6.07) is 9.82. The Labute approximate surface area is 249 Å². The van der Waals surface area contributed by atoms with Crippen molar-refractivity contribution in [1.29, 1.82) is 0 Å². The fourth-order valence-electron chi connectivity index (χ4n) is 4.70. The van der Waals surface area contributed by atoms with E-state index in [0.717, 1.165) is 30.4 Å². The Morgan fingerprint density at radius 2 is 1.56 bits per heavy atom. The highest BCUT2D eigenvalue weighted by Gasteiger charge is 2.34. The summed E-state index contributed by atoms with van der Waals surface area (Å²) in [4.78, 5) is 40.8. The van der Waals surface area contributed by atoms with E-state index >= 15 is 0 Å². The van der Waals surface area contributed by atoms with Crippen molar-refractivity contribution < 1.29 is 14.4 Å². The summed E-state index contributed by atoms with van der Waals surface area (Å²) in [6.45, 7) is 19.3.